The Balaban J connectivity index is 1.87. The van der Waals surface area contributed by atoms with E-state index in [1.807, 2.05) is 56.4 Å². The summed E-state index contributed by atoms with van der Waals surface area (Å²) in [7, 11) is 6.45. The largest absolute Gasteiger partial charge is 0.493 e. The van der Waals surface area contributed by atoms with Crippen LogP contribution in [0.15, 0.2) is 47.3 Å². The molecule has 1 aliphatic rings. The van der Waals surface area contributed by atoms with Gasteiger partial charge in [0.2, 0.25) is 11.7 Å². The number of methoxy groups -OCH3 is 3. The fourth-order valence-electron chi connectivity index (χ4n) is 3.99. The fourth-order valence-corrected chi connectivity index (χ4v) is 5.13. The first kappa shape index (κ1) is 21.9. The van der Waals surface area contributed by atoms with E-state index in [1.54, 1.807) is 35.6 Å². The van der Waals surface area contributed by atoms with Gasteiger partial charge in [0.15, 0.2) is 11.5 Å². The third-order valence-electron chi connectivity index (χ3n) is 5.60. The summed E-state index contributed by atoms with van der Waals surface area (Å²) >= 11 is 1.45. The number of hydrogen-bond acceptors (Lipinski definition) is 6. The van der Waals surface area contributed by atoms with Crippen molar-refractivity contribution in [1.82, 2.24) is 9.36 Å². The van der Waals surface area contributed by atoms with Crippen LogP contribution in [0.5, 0.6) is 17.2 Å². The zero-order valence-electron chi connectivity index (χ0n) is 18.6. The SMILES string of the molecule is COc1cc([C@@H]2SCC(=O)N2c2c(C)n(C)n(-c3ccccc3)c2=O)cc(OC)c1OC. The number of thioether (sulfide) groups is 1. The van der Waals surface area contributed by atoms with Crippen molar-refractivity contribution in [2.24, 2.45) is 7.05 Å². The minimum atomic E-state index is -0.408. The van der Waals surface area contributed by atoms with Crippen LogP contribution in [-0.2, 0) is 11.8 Å². The number of nitrogens with zero attached hydrogens (tertiary/aromatic N) is 3. The van der Waals surface area contributed by atoms with Crippen molar-refractivity contribution < 1.29 is 19.0 Å². The van der Waals surface area contributed by atoms with E-state index >= 15 is 0 Å². The van der Waals surface area contributed by atoms with Crippen molar-refractivity contribution in [3.8, 4) is 22.9 Å². The zero-order valence-corrected chi connectivity index (χ0v) is 19.4. The fraction of sp³-hybridized carbons (Fsp3) is 0.304. The molecule has 0 unspecified atom stereocenters. The summed E-state index contributed by atoms with van der Waals surface area (Å²) < 4.78 is 19.7. The summed E-state index contributed by atoms with van der Waals surface area (Å²) in [6.45, 7) is 1.85. The van der Waals surface area contributed by atoms with Crippen LogP contribution in [0.4, 0.5) is 5.69 Å². The molecule has 3 aromatic rings. The number of carbonyl (C=O) groups excluding carboxylic acids is 1. The van der Waals surface area contributed by atoms with E-state index in [1.165, 1.54) is 11.8 Å². The van der Waals surface area contributed by atoms with Crippen molar-refractivity contribution in [3.05, 3.63) is 64.1 Å². The van der Waals surface area contributed by atoms with Gasteiger partial charge in [0.1, 0.15) is 11.1 Å². The number of anilines is 1. The molecule has 1 saturated heterocycles. The molecule has 4 rings (SSSR count). The first-order valence-electron chi connectivity index (χ1n) is 10.0. The molecule has 32 heavy (non-hydrogen) atoms. The van der Waals surface area contributed by atoms with Gasteiger partial charge >= 0.3 is 0 Å². The molecule has 8 nitrogen and oxygen atoms in total. The number of hydrogen-bond donors (Lipinski definition) is 0. The Morgan fingerprint density at radius 2 is 1.59 bits per heavy atom. The number of para-hydroxylation sites is 1. The lowest BCUT2D eigenvalue weighted by Crippen LogP contribution is -2.33. The molecule has 0 aliphatic carbocycles. The Labute approximate surface area is 190 Å². The third kappa shape index (κ3) is 3.42. The summed E-state index contributed by atoms with van der Waals surface area (Å²) in [4.78, 5) is 28.1. The Morgan fingerprint density at radius 1 is 0.969 bits per heavy atom. The second kappa shape index (κ2) is 8.66. The maximum Gasteiger partial charge on any atom is 0.295 e. The van der Waals surface area contributed by atoms with Gasteiger partial charge < -0.3 is 14.2 Å². The maximum absolute atomic E-state index is 13.5. The first-order chi connectivity index (χ1) is 15.4. The summed E-state index contributed by atoms with van der Waals surface area (Å²) in [6.07, 6.45) is 0. The second-order valence-corrected chi connectivity index (χ2v) is 8.36. The standard InChI is InChI=1S/C23H25N3O5S/c1-14-20(22(28)26(24(14)2)16-9-7-6-8-10-16)25-19(27)13-32-23(25)15-11-17(29-3)21(31-5)18(12-15)30-4/h6-12,23H,13H2,1-5H3/t23-/m0/s1. The summed E-state index contributed by atoms with van der Waals surface area (Å²) in [5, 5.41) is -0.408. The Kier molecular flexibility index (Phi) is 5.92. The van der Waals surface area contributed by atoms with Crippen molar-refractivity contribution >= 4 is 23.4 Å². The third-order valence-corrected chi connectivity index (χ3v) is 6.82. The van der Waals surface area contributed by atoms with Gasteiger partial charge in [-0.15, -0.1) is 11.8 Å². The molecule has 1 aliphatic heterocycles. The average molecular weight is 456 g/mol. The van der Waals surface area contributed by atoms with Crippen LogP contribution in [0.1, 0.15) is 16.6 Å². The molecule has 2 aromatic carbocycles. The number of carbonyl (C=O) groups is 1. The monoisotopic (exact) mass is 455 g/mol. The quantitative estimate of drug-likeness (QED) is 0.568. The number of amides is 1. The maximum atomic E-state index is 13.5. The normalized spacial score (nSPS) is 15.8. The van der Waals surface area contributed by atoms with Crippen molar-refractivity contribution in [2.75, 3.05) is 32.0 Å². The van der Waals surface area contributed by atoms with E-state index in [0.717, 1.165) is 11.3 Å². The average Bonchev–Trinajstić information content (AvgIpc) is 3.29. The first-order valence-corrected chi connectivity index (χ1v) is 11.0. The van der Waals surface area contributed by atoms with Gasteiger partial charge in [-0.1, -0.05) is 18.2 Å². The van der Waals surface area contributed by atoms with Crippen LogP contribution in [0.3, 0.4) is 0 Å². The zero-order chi connectivity index (χ0) is 23.0. The second-order valence-electron chi connectivity index (χ2n) is 7.30. The van der Waals surface area contributed by atoms with Crippen LogP contribution in [0.2, 0.25) is 0 Å². The molecule has 9 heteroatoms. The molecule has 0 N–H and O–H groups in total. The lowest BCUT2D eigenvalue weighted by atomic mass is 10.1. The van der Waals surface area contributed by atoms with E-state index in [2.05, 4.69) is 0 Å². The van der Waals surface area contributed by atoms with Gasteiger partial charge in [-0.25, -0.2) is 4.68 Å². The number of aromatic nitrogens is 2. The molecule has 1 atom stereocenters. The highest BCUT2D eigenvalue weighted by Crippen LogP contribution is 2.47. The van der Waals surface area contributed by atoms with E-state index in [-0.39, 0.29) is 17.2 Å². The molecular weight excluding hydrogens is 430 g/mol. The van der Waals surface area contributed by atoms with Gasteiger partial charge in [0, 0.05) is 7.05 Å². The minimum Gasteiger partial charge on any atom is -0.493 e. The Hall–Kier alpha value is -3.33. The summed E-state index contributed by atoms with van der Waals surface area (Å²) in [5.74, 6) is 1.60. The molecular formula is C23H25N3O5S. The van der Waals surface area contributed by atoms with Crippen LogP contribution < -0.4 is 24.7 Å². The van der Waals surface area contributed by atoms with Gasteiger partial charge in [-0.05, 0) is 36.8 Å². The Morgan fingerprint density at radius 3 is 2.16 bits per heavy atom. The van der Waals surface area contributed by atoms with E-state index in [4.69, 9.17) is 14.2 Å². The Bertz CT molecular complexity index is 1190. The minimum absolute atomic E-state index is 0.125. The van der Waals surface area contributed by atoms with Crippen molar-refractivity contribution in [1.29, 1.82) is 0 Å². The summed E-state index contributed by atoms with van der Waals surface area (Å²) in [5.41, 5.74) is 2.34. The van der Waals surface area contributed by atoms with Crippen LogP contribution in [0.25, 0.3) is 5.69 Å². The van der Waals surface area contributed by atoms with Crippen molar-refractivity contribution in [3.63, 3.8) is 0 Å². The molecule has 1 fully saturated rings. The molecule has 2 heterocycles. The number of benzene rings is 2. The molecule has 1 amide bonds. The highest BCUT2D eigenvalue weighted by Gasteiger charge is 2.39. The van der Waals surface area contributed by atoms with Crippen molar-refractivity contribution in [2.45, 2.75) is 12.3 Å². The van der Waals surface area contributed by atoms with Crippen LogP contribution in [0, 0.1) is 6.92 Å². The number of rotatable bonds is 6. The van der Waals surface area contributed by atoms with Gasteiger partial charge in [-0.3, -0.25) is 19.2 Å². The van der Waals surface area contributed by atoms with E-state index in [9.17, 15) is 9.59 Å². The molecule has 0 radical (unpaired) electrons. The topological polar surface area (TPSA) is 74.9 Å². The lowest BCUT2D eigenvalue weighted by Gasteiger charge is -2.24. The molecule has 1 aromatic heterocycles. The molecule has 168 valence electrons. The van der Waals surface area contributed by atoms with Crippen LogP contribution in [-0.4, -0.2) is 42.4 Å². The smallest absolute Gasteiger partial charge is 0.295 e. The van der Waals surface area contributed by atoms with E-state index in [0.29, 0.717) is 28.6 Å². The summed E-state index contributed by atoms with van der Waals surface area (Å²) in [6, 6.07) is 13.0. The van der Waals surface area contributed by atoms with Gasteiger partial charge in [0.05, 0.1) is 38.5 Å². The predicted molar refractivity (Wildman–Crippen MR) is 125 cm³/mol. The lowest BCUT2D eigenvalue weighted by molar-refractivity contribution is -0.115. The molecule has 0 bridgehead atoms. The van der Waals surface area contributed by atoms with Gasteiger partial charge in [0.25, 0.3) is 5.56 Å². The predicted octanol–water partition coefficient (Wildman–Crippen LogP) is 3.29. The molecule has 0 saturated carbocycles. The van der Waals surface area contributed by atoms with Gasteiger partial charge in [-0.2, -0.15) is 0 Å². The van der Waals surface area contributed by atoms with Crippen LogP contribution >= 0.6 is 11.8 Å². The molecule has 0 spiro atoms. The highest BCUT2D eigenvalue weighted by atomic mass is 32.2. The highest BCUT2D eigenvalue weighted by molar-refractivity contribution is 8.00. The van der Waals surface area contributed by atoms with E-state index < -0.39 is 5.37 Å². The number of ether oxygens (including phenoxy) is 3.